The lowest BCUT2D eigenvalue weighted by Crippen LogP contribution is -2.34. The first-order valence-corrected chi connectivity index (χ1v) is 6.19. The van der Waals surface area contributed by atoms with Gasteiger partial charge in [-0.3, -0.25) is 10.2 Å². The molecule has 0 aliphatic carbocycles. The summed E-state index contributed by atoms with van der Waals surface area (Å²) in [6, 6.07) is 0.561. The molecule has 0 saturated heterocycles. The second-order valence-corrected chi connectivity index (χ2v) is 4.37. The van der Waals surface area contributed by atoms with Gasteiger partial charge in [-0.2, -0.15) is 11.8 Å². The Morgan fingerprint density at radius 3 is 2.79 bits per heavy atom. The van der Waals surface area contributed by atoms with Crippen LogP contribution in [0.25, 0.3) is 0 Å². The van der Waals surface area contributed by atoms with Crippen LogP contribution in [-0.2, 0) is 4.79 Å². The normalized spacial score (nSPS) is 12.9. The summed E-state index contributed by atoms with van der Waals surface area (Å²) in [5.74, 6) is 6.02. The smallest absolute Gasteiger partial charge is 0.233 e. The molecule has 0 aliphatic rings. The van der Waals surface area contributed by atoms with Crippen LogP contribution in [0.15, 0.2) is 0 Å². The monoisotopic (exact) mass is 219 g/mol. The van der Waals surface area contributed by atoms with Crippen LogP contribution in [0.2, 0.25) is 0 Å². The summed E-state index contributed by atoms with van der Waals surface area (Å²) in [7, 11) is 2.08. The SMILES string of the molecule is CSCC(C)N(C)CCCC(=O)NN. The van der Waals surface area contributed by atoms with Crippen LogP contribution in [-0.4, -0.2) is 42.4 Å². The highest BCUT2D eigenvalue weighted by atomic mass is 32.2. The molecular formula is C9H21N3OS. The molecule has 0 aromatic carbocycles. The standard InChI is InChI=1S/C9H21N3OS/c1-8(7-14-3)12(2)6-4-5-9(13)11-10/h8H,4-7,10H2,1-3H3,(H,11,13). The quantitative estimate of drug-likeness (QED) is 0.370. The summed E-state index contributed by atoms with van der Waals surface area (Å²) >= 11 is 1.84. The molecule has 0 aromatic heterocycles. The number of carbonyl (C=O) groups excluding carboxylic acids is 1. The van der Waals surface area contributed by atoms with Gasteiger partial charge in [0.2, 0.25) is 5.91 Å². The van der Waals surface area contributed by atoms with Crippen molar-refractivity contribution in [3.63, 3.8) is 0 Å². The number of hydrogen-bond acceptors (Lipinski definition) is 4. The predicted octanol–water partition coefficient (Wildman–Crippen LogP) is 0.440. The van der Waals surface area contributed by atoms with Gasteiger partial charge in [0.25, 0.3) is 0 Å². The van der Waals surface area contributed by atoms with Crippen molar-refractivity contribution in [2.45, 2.75) is 25.8 Å². The molecule has 1 atom stereocenters. The number of nitrogens with one attached hydrogen (secondary N) is 1. The maximum atomic E-state index is 10.8. The summed E-state index contributed by atoms with van der Waals surface area (Å²) in [5.41, 5.74) is 2.13. The molecule has 0 aliphatic heterocycles. The second-order valence-electron chi connectivity index (χ2n) is 3.46. The third-order valence-electron chi connectivity index (χ3n) is 2.24. The van der Waals surface area contributed by atoms with Gasteiger partial charge in [0.05, 0.1) is 0 Å². The van der Waals surface area contributed by atoms with Gasteiger partial charge < -0.3 is 4.90 Å². The fourth-order valence-corrected chi connectivity index (χ4v) is 1.89. The highest BCUT2D eigenvalue weighted by Gasteiger charge is 2.08. The van der Waals surface area contributed by atoms with Crippen molar-refractivity contribution < 1.29 is 4.79 Å². The average molecular weight is 219 g/mol. The van der Waals surface area contributed by atoms with Crippen LogP contribution < -0.4 is 11.3 Å². The molecule has 4 nitrogen and oxygen atoms in total. The zero-order valence-electron chi connectivity index (χ0n) is 9.25. The molecule has 3 N–H and O–H groups in total. The van der Waals surface area contributed by atoms with Crippen LogP contribution in [0, 0.1) is 0 Å². The number of hydrogen-bond donors (Lipinski definition) is 2. The third-order valence-corrected chi connectivity index (χ3v) is 3.05. The molecule has 0 radical (unpaired) electrons. The number of thioether (sulfide) groups is 1. The van der Waals surface area contributed by atoms with E-state index in [4.69, 9.17) is 5.84 Å². The Hall–Kier alpha value is -0.260. The van der Waals surface area contributed by atoms with Crippen LogP contribution >= 0.6 is 11.8 Å². The van der Waals surface area contributed by atoms with Crippen molar-refractivity contribution in [1.29, 1.82) is 0 Å². The summed E-state index contributed by atoms with van der Waals surface area (Å²) in [5, 5.41) is 0. The van der Waals surface area contributed by atoms with Gasteiger partial charge in [-0.1, -0.05) is 0 Å². The maximum absolute atomic E-state index is 10.8. The zero-order valence-corrected chi connectivity index (χ0v) is 10.1. The minimum atomic E-state index is -0.0871. The van der Waals surface area contributed by atoms with E-state index >= 15 is 0 Å². The first kappa shape index (κ1) is 13.7. The van der Waals surface area contributed by atoms with E-state index in [1.165, 1.54) is 0 Å². The van der Waals surface area contributed by atoms with E-state index in [0.717, 1.165) is 18.7 Å². The van der Waals surface area contributed by atoms with Crippen LogP contribution in [0.1, 0.15) is 19.8 Å². The average Bonchev–Trinajstić information content (AvgIpc) is 2.17. The summed E-state index contributed by atoms with van der Waals surface area (Å²) in [4.78, 5) is 13.1. The number of hydrazine groups is 1. The Morgan fingerprint density at radius 1 is 1.64 bits per heavy atom. The Bertz CT molecular complexity index is 166. The Balaban J connectivity index is 3.52. The number of rotatable bonds is 7. The molecule has 0 saturated carbocycles. The van der Waals surface area contributed by atoms with E-state index in [2.05, 4.69) is 30.6 Å². The van der Waals surface area contributed by atoms with Crippen molar-refractivity contribution in [3.8, 4) is 0 Å². The highest BCUT2D eigenvalue weighted by molar-refractivity contribution is 7.98. The molecule has 1 amide bonds. The van der Waals surface area contributed by atoms with Gasteiger partial charge in [0.15, 0.2) is 0 Å². The molecule has 0 aromatic rings. The Morgan fingerprint density at radius 2 is 2.29 bits per heavy atom. The molecular weight excluding hydrogens is 198 g/mol. The third kappa shape index (κ3) is 6.23. The lowest BCUT2D eigenvalue weighted by molar-refractivity contribution is -0.121. The molecule has 0 heterocycles. The van der Waals surface area contributed by atoms with Gasteiger partial charge in [-0.25, -0.2) is 5.84 Å². The van der Waals surface area contributed by atoms with Gasteiger partial charge in [0, 0.05) is 18.2 Å². The molecule has 1 unspecified atom stereocenters. The van der Waals surface area contributed by atoms with E-state index in [0.29, 0.717) is 12.5 Å². The van der Waals surface area contributed by atoms with Crippen molar-refractivity contribution in [2.75, 3.05) is 25.6 Å². The van der Waals surface area contributed by atoms with Crippen molar-refractivity contribution >= 4 is 17.7 Å². The van der Waals surface area contributed by atoms with E-state index in [1.807, 2.05) is 11.8 Å². The largest absolute Gasteiger partial charge is 0.303 e. The molecule has 0 bridgehead atoms. The van der Waals surface area contributed by atoms with Crippen LogP contribution in [0.5, 0.6) is 0 Å². The minimum absolute atomic E-state index is 0.0871. The summed E-state index contributed by atoms with van der Waals surface area (Å²) in [6.07, 6.45) is 3.47. The first-order chi connectivity index (χ1) is 6.61. The molecule has 5 heteroatoms. The van der Waals surface area contributed by atoms with E-state index < -0.39 is 0 Å². The Labute approximate surface area is 90.6 Å². The number of nitrogens with two attached hydrogens (primary N) is 1. The number of nitrogens with zero attached hydrogens (tertiary/aromatic N) is 1. The van der Waals surface area contributed by atoms with E-state index in [9.17, 15) is 4.79 Å². The lowest BCUT2D eigenvalue weighted by atomic mass is 10.2. The molecule has 84 valence electrons. The van der Waals surface area contributed by atoms with E-state index in [-0.39, 0.29) is 5.91 Å². The summed E-state index contributed by atoms with van der Waals surface area (Å²) < 4.78 is 0. The zero-order chi connectivity index (χ0) is 11.0. The topological polar surface area (TPSA) is 58.4 Å². The highest BCUT2D eigenvalue weighted by Crippen LogP contribution is 2.04. The van der Waals surface area contributed by atoms with Crippen LogP contribution in [0.4, 0.5) is 0 Å². The fourth-order valence-electron chi connectivity index (χ4n) is 1.15. The predicted molar refractivity (Wildman–Crippen MR) is 62.0 cm³/mol. The first-order valence-electron chi connectivity index (χ1n) is 4.80. The van der Waals surface area contributed by atoms with Crippen LogP contribution in [0.3, 0.4) is 0 Å². The second kappa shape index (κ2) is 8.08. The van der Waals surface area contributed by atoms with Crippen molar-refractivity contribution in [2.24, 2.45) is 5.84 Å². The molecule has 0 fully saturated rings. The summed E-state index contributed by atoms with van der Waals surface area (Å²) in [6.45, 7) is 3.13. The molecule has 0 rings (SSSR count). The minimum Gasteiger partial charge on any atom is -0.303 e. The maximum Gasteiger partial charge on any atom is 0.233 e. The molecule has 14 heavy (non-hydrogen) atoms. The van der Waals surface area contributed by atoms with Gasteiger partial charge in [0.1, 0.15) is 0 Å². The number of amides is 1. The number of carbonyl (C=O) groups is 1. The van der Waals surface area contributed by atoms with Crippen molar-refractivity contribution in [3.05, 3.63) is 0 Å². The fraction of sp³-hybridized carbons (Fsp3) is 0.889. The van der Waals surface area contributed by atoms with Gasteiger partial charge >= 0.3 is 0 Å². The molecule has 0 spiro atoms. The lowest BCUT2D eigenvalue weighted by Gasteiger charge is -2.23. The van der Waals surface area contributed by atoms with Gasteiger partial charge in [-0.15, -0.1) is 0 Å². The van der Waals surface area contributed by atoms with E-state index in [1.54, 1.807) is 0 Å². The van der Waals surface area contributed by atoms with Gasteiger partial charge in [-0.05, 0) is 33.2 Å². The van der Waals surface area contributed by atoms with Crippen molar-refractivity contribution in [1.82, 2.24) is 10.3 Å². The Kier molecular flexibility index (Phi) is 7.93.